The number of amides is 1. The first-order valence-corrected chi connectivity index (χ1v) is 10.7. The van der Waals surface area contributed by atoms with Gasteiger partial charge < -0.3 is 15.0 Å². The van der Waals surface area contributed by atoms with Gasteiger partial charge in [-0.15, -0.1) is 0 Å². The van der Waals surface area contributed by atoms with E-state index < -0.39 is 0 Å². The maximum Gasteiger partial charge on any atom is 0.220 e. The molecule has 0 unspecified atom stereocenters. The second kappa shape index (κ2) is 11.1. The second-order valence-corrected chi connectivity index (χ2v) is 7.75. The smallest absolute Gasteiger partial charge is 0.220 e. The van der Waals surface area contributed by atoms with Crippen LogP contribution in [0.1, 0.15) is 12.8 Å². The van der Waals surface area contributed by atoms with Crippen molar-refractivity contribution in [3.63, 3.8) is 0 Å². The topological polar surface area (TPSA) is 44.8 Å². The zero-order chi connectivity index (χ0) is 19.6. The molecule has 0 spiro atoms. The average molecular weight is 446 g/mol. The van der Waals surface area contributed by atoms with Gasteiger partial charge in [-0.05, 0) is 46.6 Å². The van der Waals surface area contributed by atoms with Crippen LogP contribution in [0, 0.1) is 0 Å². The molecule has 0 aromatic heterocycles. The van der Waals surface area contributed by atoms with E-state index in [0.29, 0.717) is 26.0 Å². The highest BCUT2D eigenvalue weighted by Gasteiger charge is 2.16. The van der Waals surface area contributed by atoms with Crippen LogP contribution in [-0.2, 0) is 4.79 Å². The van der Waals surface area contributed by atoms with E-state index in [9.17, 15) is 4.79 Å². The monoisotopic (exact) mass is 445 g/mol. The number of nitrogens with zero attached hydrogens (tertiary/aromatic N) is 2. The first-order valence-electron chi connectivity index (χ1n) is 9.89. The van der Waals surface area contributed by atoms with Crippen molar-refractivity contribution in [1.29, 1.82) is 0 Å². The van der Waals surface area contributed by atoms with E-state index in [1.54, 1.807) is 0 Å². The van der Waals surface area contributed by atoms with Crippen LogP contribution in [0.3, 0.4) is 0 Å². The molecule has 1 saturated heterocycles. The van der Waals surface area contributed by atoms with E-state index in [-0.39, 0.29) is 5.91 Å². The number of nitrogens with one attached hydrogen (secondary N) is 1. The lowest BCUT2D eigenvalue weighted by Gasteiger charge is -2.36. The number of anilines is 1. The van der Waals surface area contributed by atoms with E-state index in [2.05, 4.69) is 61.4 Å². The van der Waals surface area contributed by atoms with Gasteiger partial charge in [0.15, 0.2) is 0 Å². The summed E-state index contributed by atoms with van der Waals surface area (Å²) in [6.45, 7) is 6.28. The van der Waals surface area contributed by atoms with Gasteiger partial charge in [0.25, 0.3) is 0 Å². The van der Waals surface area contributed by atoms with Crippen molar-refractivity contribution < 1.29 is 9.53 Å². The van der Waals surface area contributed by atoms with Gasteiger partial charge >= 0.3 is 0 Å². The number of carbonyl (C=O) groups is 1. The standard InChI is InChI=1S/C22H28BrN3O2/c23-20-9-4-5-10-21(20)28-18-6-11-22(27)24-12-13-25-14-16-26(17-15-25)19-7-2-1-3-8-19/h1-5,7-10H,6,11-18H2,(H,24,27). The Hall–Kier alpha value is -2.05. The Morgan fingerprint density at radius 3 is 2.46 bits per heavy atom. The Labute approximate surface area is 175 Å². The third-order valence-corrected chi connectivity index (χ3v) is 5.54. The highest BCUT2D eigenvalue weighted by Crippen LogP contribution is 2.23. The van der Waals surface area contributed by atoms with Gasteiger partial charge in [-0.2, -0.15) is 0 Å². The molecule has 1 aliphatic rings. The maximum absolute atomic E-state index is 12.0. The van der Waals surface area contributed by atoms with Crippen molar-refractivity contribution in [2.45, 2.75) is 12.8 Å². The molecular formula is C22H28BrN3O2. The summed E-state index contributed by atoms with van der Waals surface area (Å²) in [6.07, 6.45) is 1.20. The average Bonchev–Trinajstić information content (AvgIpc) is 2.73. The number of carbonyl (C=O) groups excluding carboxylic acids is 1. The number of piperazine rings is 1. The number of para-hydroxylation sites is 2. The van der Waals surface area contributed by atoms with E-state index in [4.69, 9.17) is 4.74 Å². The van der Waals surface area contributed by atoms with Crippen LogP contribution in [-0.4, -0.2) is 56.7 Å². The Morgan fingerprint density at radius 2 is 1.71 bits per heavy atom. The van der Waals surface area contributed by atoms with Crippen LogP contribution in [0.5, 0.6) is 5.75 Å². The molecule has 6 heteroatoms. The molecule has 1 amide bonds. The van der Waals surface area contributed by atoms with Gasteiger partial charge in [-0.3, -0.25) is 9.69 Å². The van der Waals surface area contributed by atoms with Crippen LogP contribution in [0.25, 0.3) is 0 Å². The van der Waals surface area contributed by atoms with Gasteiger partial charge in [0.2, 0.25) is 5.91 Å². The van der Waals surface area contributed by atoms with Crippen molar-refractivity contribution in [2.24, 2.45) is 0 Å². The summed E-state index contributed by atoms with van der Waals surface area (Å²) < 4.78 is 6.63. The van der Waals surface area contributed by atoms with Crippen LogP contribution in [0.4, 0.5) is 5.69 Å². The molecule has 1 fully saturated rings. The Morgan fingerprint density at radius 1 is 1.00 bits per heavy atom. The molecule has 0 atom stereocenters. The quantitative estimate of drug-likeness (QED) is 0.599. The zero-order valence-corrected chi connectivity index (χ0v) is 17.7. The summed E-state index contributed by atoms with van der Waals surface area (Å²) in [4.78, 5) is 16.8. The molecular weight excluding hydrogens is 418 g/mol. The number of hydrogen-bond donors (Lipinski definition) is 1. The SMILES string of the molecule is O=C(CCCOc1ccccc1Br)NCCN1CCN(c2ccccc2)CC1. The van der Waals surface area contributed by atoms with Gasteiger partial charge in [-0.25, -0.2) is 0 Å². The summed E-state index contributed by atoms with van der Waals surface area (Å²) in [6, 6.07) is 18.3. The molecule has 1 heterocycles. The second-order valence-electron chi connectivity index (χ2n) is 6.90. The van der Waals surface area contributed by atoms with Crippen molar-refractivity contribution in [3.8, 4) is 5.75 Å². The number of benzene rings is 2. The molecule has 0 bridgehead atoms. The van der Waals surface area contributed by atoms with Crippen molar-refractivity contribution in [3.05, 3.63) is 59.1 Å². The molecule has 1 N–H and O–H groups in total. The normalized spacial score (nSPS) is 14.7. The largest absolute Gasteiger partial charge is 0.492 e. The lowest BCUT2D eigenvalue weighted by molar-refractivity contribution is -0.121. The number of hydrogen-bond acceptors (Lipinski definition) is 4. The Kier molecular flexibility index (Phi) is 8.18. The Bertz CT molecular complexity index is 734. The minimum atomic E-state index is 0.0960. The van der Waals surface area contributed by atoms with Crippen LogP contribution in [0.15, 0.2) is 59.1 Å². The molecule has 28 heavy (non-hydrogen) atoms. The van der Waals surface area contributed by atoms with Crippen LogP contribution in [0.2, 0.25) is 0 Å². The summed E-state index contributed by atoms with van der Waals surface area (Å²) in [5.74, 6) is 0.913. The van der Waals surface area contributed by atoms with Gasteiger partial charge in [0.05, 0.1) is 11.1 Å². The number of halogens is 1. The summed E-state index contributed by atoms with van der Waals surface area (Å²) in [7, 11) is 0. The third kappa shape index (κ3) is 6.53. The minimum Gasteiger partial charge on any atom is -0.492 e. The summed E-state index contributed by atoms with van der Waals surface area (Å²) in [5.41, 5.74) is 1.29. The van der Waals surface area contributed by atoms with E-state index in [1.807, 2.05) is 24.3 Å². The van der Waals surface area contributed by atoms with Gasteiger partial charge in [-0.1, -0.05) is 30.3 Å². The first-order chi connectivity index (χ1) is 13.7. The zero-order valence-electron chi connectivity index (χ0n) is 16.1. The first kappa shape index (κ1) is 20.7. The fourth-order valence-corrected chi connectivity index (χ4v) is 3.69. The number of rotatable bonds is 9. The molecule has 150 valence electrons. The minimum absolute atomic E-state index is 0.0960. The van der Waals surface area contributed by atoms with Crippen molar-refractivity contribution >= 4 is 27.5 Å². The highest BCUT2D eigenvalue weighted by molar-refractivity contribution is 9.10. The van der Waals surface area contributed by atoms with Crippen molar-refractivity contribution in [1.82, 2.24) is 10.2 Å². The van der Waals surface area contributed by atoms with Crippen LogP contribution >= 0.6 is 15.9 Å². The fraction of sp³-hybridized carbons (Fsp3) is 0.409. The fourth-order valence-electron chi connectivity index (χ4n) is 3.29. The molecule has 0 aliphatic carbocycles. The molecule has 0 saturated carbocycles. The molecule has 1 aliphatic heterocycles. The third-order valence-electron chi connectivity index (χ3n) is 4.89. The van der Waals surface area contributed by atoms with E-state index in [0.717, 1.165) is 42.9 Å². The summed E-state index contributed by atoms with van der Waals surface area (Å²) in [5, 5.41) is 3.02. The molecule has 2 aromatic rings. The van der Waals surface area contributed by atoms with Crippen molar-refractivity contribution in [2.75, 3.05) is 50.8 Å². The molecule has 5 nitrogen and oxygen atoms in total. The predicted octanol–water partition coefficient (Wildman–Crippen LogP) is 3.55. The lowest BCUT2D eigenvalue weighted by atomic mass is 10.2. The predicted molar refractivity (Wildman–Crippen MR) is 117 cm³/mol. The molecule has 2 aromatic carbocycles. The summed E-state index contributed by atoms with van der Waals surface area (Å²) >= 11 is 3.45. The van der Waals surface area contributed by atoms with E-state index in [1.165, 1.54) is 5.69 Å². The lowest BCUT2D eigenvalue weighted by Crippen LogP contribution is -2.48. The maximum atomic E-state index is 12.0. The highest BCUT2D eigenvalue weighted by atomic mass is 79.9. The Balaban J connectivity index is 1.24. The van der Waals surface area contributed by atoms with E-state index >= 15 is 0 Å². The van der Waals surface area contributed by atoms with Gasteiger partial charge in [0.1, 0.15) is 5.75 Å². The van der Waals surface area contributed by atoms with Crippen LogP contribution < -0.4 is 15.0 Å². The molecule has 0 radical (unpaired) electrons. The molecule has 3 rings (SSSR count). The van der Waals surface area contributed by atoms with Gasteiger partial charge in [0, 0.05) is 51.4 Å². The number of ether oxygens (including phenoxy) is 1.